The molecule has 0 saturated carbocycles. The van der Waals surface area contributed by atoms with Crippen molar-refractivity contribution in [3.05, 3.63) is 23.2 Å². The van der Waals surface area contributed by atoms with Crippen LogP contribution in [0, 0.1) is 5.41 Å². The van der Waals surface area contributed by atoms with Gasteiger partial charge in [-0.15, -0.1) is 0 Å². The van der Waals surface area contributed by atoms with Crippen molar-refractivity contribution in [2.45, 2.75) is 26.7 Å². The molecule has 20 heavy (non-hydrogen) atoms. The molecule has 0 heterocycles. The molecule has 0 unspecified atom stereocenters. The van der Waals surface area contributed by atoms with Gasteiger partial charge in [0.05, 0.1) is 23.2 Å². The highest BCUT2D eigenvalue weighted by Gasteiger charge is 2.38. The van der Waals surface area contributed by atoms with Gasteiger partial charge in [0.25, 0.3) is 0 Å². The number of hydrogen-bond acceptors (Lipinski definition) is 3. The van der Waals surface area contributed by atoms with Gasteiger partial charge >= 0.3 is 0 Å². The molecule has 6 heteroatoms. The van der Waals surface area contributed by atoms with Crippen LogP contribution in [0.3, 0.4) is 0 Å². The summed E-state index contributed by atoms with van der Waals surface area (Å²) in [6.45, 7) is 3.77. The van der Waals surface area contributed by atoms with Crippen molar-refractivity contribution in [3.63, 3.8) is 0 Å². The maximum absolute atomic E-state index is 12.5. The van der Waals surface area contributed by atoms with E-state index in [0.717, 1.165) is 0 Å². The molecule has 0 aliphatic heterocycles. The van der Waals surface area contributed by atoms with Gasteiger partial charge in [0.2, 0.25) is 5.91 Å². The van der Waals surface area contributed by atoms with Gasteiger partial charge in [0.15, 0.2) is 0 Å². The minimum atomic E-state index is -0.858. The lowest BCUT2D eigenvalue weighted by molar-refractivity contribution is -0.122. The average molecular weight is 315 g/mol. The summed E-state index contributed by atoms with van der Waals surface area (Å²) in [5, 5.41) is 3.32. The van der Waals surface area contributed by atoms with Gasteiger partial charge in [-0.1, -0.05) is 37.7 Å². The van der Waals surface area contributed by atoms with E-state index in [4.69, 9.17) is 34.3 Å². The van der Waals surface area contributed by atoms with E-state index >= 15 is 0 Å². The third kappa shape index (κ3) is 3.22. The molecule has 1 aromatic rings. The Hall–Kier alpha value is -1.33. The quantitative estimate of drug-likeness (QED) is 0.790. The van der Waals surface area contributed by atoms with Crippen LogP contribution in [0.2, 0.25) is 5.02 Å². The standard InChI is InChI=1S/C14H19ClN2O2S/c1-4-14(5-2,12(16)20)13(18)17-10-8-9(15)6-7-11(10)19-3/h6-8H,4-5H2,1-3H3,(H2,16,20)(H,17,18). The van der Waals surface area contributed by atoms with Crippen molar-refractivity contribution in [3.8, 4) is 5.75 Å². The number of nitrogens with two attached hydrogens (primary N) is 1. The smallest absolute Gasteiger partial charge is 0.237 e. The van der Waals surface area contributed by atoms with E-state index in [-0.39, 0.29) is 10.9 Å². The summed E-state index contributed by atoms with van der Waals surface area (Å²) >= 11 is 11.0. The van der Waals surface area contributed by atoms with Crippen LogP contribution >= 0.6 is 23.8 Å². The molecular formula is C14H19ClN2O2S. The molecule has 0 saturated heterocycles. The Bertz CT molecular complexity index is 516. The fraction of sp³-hybridized carbons (Fsp3) is 0.429. The largest absolute Gasteiger partial charge is 0.495 e. The molecule has 0 radical (unpaired) electrons. The van der Waals surface area contributed by atoms with Crippen molar-refractivity contribution >= 4 is 40.4 Å². The number of carbonyl (C=O) groups excluding carboxylic acids is 1. The van der Waals surface area contributed by atoms with E-state index in [9.17, 15) is 4.79 Å². The molecule has 1 rings (SSSR count). The molecule has 0 atom stereocenters. The highest BCUT2D eigenvalue weighted by molar-refractivity contribution is 7.80. The number of benzene rings is 1. The summed E-state index contributed by atoms with van der Waals surface area (Å²) < 4.78 is 5.20. The number of nitrogens with one attached hydrogen (secondary N) is 1. The van der Waals surface area contributed by atoms with Crippen molar-refractivity contribution in [1.29, 1.82) is 0 Å². The molecule has 0 spiro atoms. The van der Waals surface area contributed by atoms with Gasteiger partial charge in [-0.3, -0.25) is 4.79 Å². The van der Waals surface area contributed by atoms with Crippen LogP contribution in [0.15, 0.2) is 18.2 Å². The van der Waals surface area contributed by atoms with Crippen LogP contribution in [0.25, 0.3) is 0 Å². The van der Waals surface area contributed by atoms with E-state index in [1.165, 1.54) is 7.11 Å². The first kappa shape index (κ1) is 16.7. The van der Waals surface area contributed by atoms with Crippen LogP contribution in [-0.2, 0) is 4.79 Å². The van der Waals surface area contributed by atoms with Crippen LogP contribution in [0.1, 0.15) is 26.7 Å². The summed E-state index contributed by atoms with van der Waals surface area (Å²) in [7, 11) is 1.53. The van der Waals surface area contributed by atoms with E-state index in [0.29, 0.717) is 29.3 Å². The van der Waals surface area contributed by atoms with Crippen LogP contribution in [0.4, 0.5) is 5.69 Å². The van der Waals surface area contributed by atoms with Crippen LogP contribution in [0.5, 0.6) is 5.75 Å². The zero-order valence-electron chi connectivity index (χ0n) is 11.8. The second-order valence-electron chi connectivity index (χ2n) is 4.45. The fourth-order valence-corrected chi connectivity index (χ4v) is 2.60. The first-order valence-corrected chi connectivity index (χ1v) is 7.14. The number of carbonyl (C=O) groups is 1. The van der Waals surface area contributed by atoms with E-state index in [1.54, 1.807) is 18.2 Å². The van der Waals surface area contributed by atoms with Gasteiger partial charge in [-0.2, -0.15) is 0 Å². The number of thiocarbonyl (C=S) groups is 1. The molecule has 4 nitrogen and oxygen atoms in total. The van der Waals surface area contributed by atoms with Gasteiger partial charge in [0.1, 0.15) is 5.75 Å². The normalized spacial score (nSPS) is 11.0. The lowest BCUT2D eigenvalue weighted by atomic mass is 9.81. The monoisotopic (exact) mass is 314 g/mol. The van der Waals surface area contributed by atoms with Gasteiger partial charge in [-0.25, -0.2) is 0 Å². The van der Waals surface area contributed by atoms with Crippen molar-refractivity contribution in [1.82, 2.24) is 0 Å². The van der Waals surface area contributed by atoms with Gasteiger partial charge < -0.3 is 15.8 Å². The second-order valence-corrected chi connectivity index (χ2v) is 5.33. The fourth-order valence-electron chi connectivity index (χ4n) is 2.05. The first-order valence-electron chi connectivity index (χ1n) is 6.36. The van der Waals surface area contributed by atoms with Crippen LogP contribution < -0.4 is 15.8 Å². The Morgan fingerprint density at radius 3 is 2.50 bits per heavy atom. The minimum Gasteiger partial charge on any atom is -0.495 e. The Kier molecular flexibility index (Phi) is 5.77. The third-order valence-corrected chi connectivity index (χ3v) is 4.15. The summed E-state index contributed by atoms with van der Waals surface area (Å²) in [6, 6.07) is 5.02. The second kappa shape index (κ2) is 6.90. The number of ether oxygens (including phenoxy) is 1. The van der Waals surface area contributed by atoms with Gasteiger partial charge in [0, 0.05) is 5.02 Å². The maximum Gasteiger partial charge on any atom is 0.237 e. The lowest BCUT2D eigenvalue weighted by Gasteiger charge is -2.29. The Balaban J connectivity index is 3.11. The topological polar surface area (TPSA) is 64.3 Å². The predicted molar refractivity (Wildman–Crippen MR) is 86.4 cm³/mol. The third-order valence-electron chi connectivity index (χ3n) is 3.52. The molecule has 0 aromatic heterocycles. The number of halogens is 1. The van der Waals surface area contributed by atoms with Crippen molar-refractivity contribution in [2.75, 3.05) is 12.4 Å². The molecule has 1 aromatic carbocycles. The summed E-state index contributed by atoms with van der Waals surface area (Å²) in [4.78, 5) is 12.7. The molecule has 0 aliphatic rings. The molecule has 110 valence electrons. The highest BCUT2D eigenvalue weighted by atomic mass is 35.5. The molecule has 1 amide bonds. The molecule has 0 aliphatic carbocycles. The molecule has 0 bridgehead atoms. The lowest BCUT2D eigenvalue weighted by Crippen LogP contribution is -2.45. The average Bonchev–Trinajstić information content (AvgIpc) is 2.40. The van der Waals surface area contributed by atoms with Crippen molar-refractivity contribution < 1.29 is 9.53 Å². The number of anilines is 1. The molecule has 0 fully saturated rings. The number of hydrogen-bond donors (Lipinski definition) is 2. The Morgan fingerprint density at radius 1 is 1.45 bits per heavy atom. The summed E-state index contributed by atoms with van der Waals surface area (Å²) in [6.07, 6.45) is 1.07. The predicted octanol–water partition coefficient (Wildman–Crippen LogP) is 3.38. The summed E-state index contributed by atoms with van der Waals surface area (Å²) in [5.41, 5.74) is 5.41. The zero-order valence-corrected chi connectivity index (χ0v) is 13.4. The summed E-state index contributed by atoms with van der Waals surface area (Å²) in [5.74, 6) is 0.294. The van der Waals surface area contributed by atoms with E-state index in [1.807, 2.05) is 13.8 Å². The maximum atomic E-state index is 12.5. The molecule has 3 N–H and O–H groups in total. The number of amides is 1. The van der Waals surface area contributed by atoms with Crippen LogP contribution in [-0.4, -0.2) is 18.0 Å². The zero-order chi connectivity index (χ0) is 15.3. The highest BCUT2D eigenvalue weighted by Crippen LogP contribution is 2.32. The van der Waals surface area contributed by atoms with E-state index in [2.05, 4.69) is 5.32 Å². The number of rotatable bonds is 6. The Morgan fingerprint density at radius 2 is 2.05 bits per heavy atom. The van der Waals surface area contributed by atoms with E-state index < -0.39 is 5.41 Å². The SMILES string of the molecule is CCC(CC)(C(=O)Nc1cc(Cl)ccc1OC)C(N)=S. The first-order chi connectivity index (χ1) is 9.41. The molecular weight excluding hydrogens is 296 g/mol. The van der Waals surface area contributed by atoms with Gasteiger partial charge in [-0.05, 0) is 31.0 Å². The minimum absolute atomic E-state index is 0.195. The Labute approximate surface area is 129 Å². The number of methoxy groups -OCH3 is 1. The van der Waals surface area contributed by atoms with Crippen molar-refractivity contribution in [2.24, 2.45) is 11.1 Å².